The van der Waals surface area contributed by atoms with Crippen molar-refractivity contribution in [2.45, 2.75) is 37.2 Å². The maximum Gasteiger partial charge on any atom is 0.283 e. The Labute approximate surface area is 141 Å². The SMILES string of the molecule is FC1(F)[C@@H]2CCCO[C@@]21CNCC1(Cc2ccccc2)CCOC1. The van der Waals surface area contributed by atoms with Crippen molar-refractivity contribution in [3.63, 3.8) is 0 Å². The summed E-state index contributed by atoms with van der Waals surface area (Å²) < 4.78 is 39.4. The molecule has 0 bridgehead atoms. The Hall–Kier alpha value is -1.04. The molecule has 1 unspecified atom stereocenters. The van der Waals surface area contributed by atoms with Crippen molar-refractivity contribution < 1.29 is 18.3 Å². The van der Waals surface area contributed by atoms with E-state index >= 15 is 0 Å². The maximum atomic E-state index is 14.1. The zero-order valence-electron chi connectivity index (χ0n) is 13.9. The third-order valence-corrected chi connectivity index (χ3v) is 5.97. The second-order valence-corrected chi connectivity index (χ2v) is 7.62. The van der Waals surface area contributed by atoms with Gasteiger partial charge in [0, 0.05) is 31.7 Å². The van der Waals surface area contributed by atoms with Crippen molar-refractivity contribution in [2.75, 3.05) is 32.9 Å². The van der Waals surface area contributed by atoms with E-state index in [2.05, 4.69) is 17.4 Å². The molecular weight excluding hydrogens is 312 g/mol. The lowest BCUT2D eigenvalue weighted by molar-refractivity contribution is -0.0597. The molecule has 1 aromatic rings. The van der Waals surface area contributed by atoms with Gasteiger partial charge in [-0.05, 0) is 31.2 Å². The highest BCUT2D eigenvalue weighted by atomic mass is 19.3. The Morgan fingerprint density at radius 2 is 1.96 bits per heavy atom. The normalized spacial score (nSPS) is 37.2. The zero-order valence-corrected chi connectivity index (χ0v) is 13.9. The topological polar surface area (TPSA) is 30.5 Å². The Kier molecular flexibility index (Phi) is 4.14. The first-order chi connectivity index (χ1) is 11.6. The summed E-state index contributed by atoms with van der Waals surface area (Å²) in [7, 11) is 0. The molecule has 1 aliphatic carbocycles. The first-order valence-corrected chi connectivity index (χ1v) is 8.92. The van der Waals surface area contributed by atoms with E-state index in [-0.39, 0.29) is 12.0 Å². The lowest BCUT2D eigenvalue weighted by Crippen LogP contribution is -2.44. The molecule has 2 heterocycles. The standard InChI is InChI=1S/C19H25F2NO2/c20-19(21)16-7-4-9-24-18(16,19)13-22-12-17(8-10-23-14-17)11-15-5-2-1-3-6-15/h1-3,5-6,16,22H,4,7-14H2/t16-,17?,18+/m1/s1. The van der Waals surface area contributed by atoms with E-state index in [1.165, 1.54) is 5.56 Å². The Bertz CT molecular complexity index is 574. The minimum atomic E-state index is -2.67. The molecule has 2 saturated heterocycles. The number of nitrogens with one attached hydrogen (secondary N) is 1. The van der Waals surface area contributed by atoms with Gasteiger partial charge in [-0.25, -0.2) is 8.78 Å². The van der Waals surface area contributed by atoms with Crippen LogP contribution in [0.2, 0.25) is 0 Å². The van der Waals surface area contributed by atoms with Crippen LogP contribution in [0.15, 0.2) is 30.3 Å². The smallest absolute Gasteiger partial charge is 0.283 e. The van der Waals surface area contributed by atoms with Crippen LogP contribution in [0, 0.1) is 11.3 Å². The summed E-state index contributed by atoms with van der Waals surface area (Å²) in [5.41, 5.74) is 0.0110. The third kappa shape index (κ3) is 2.67. The van der Waals surface area contributed by atoms with E-state index in [0.29, 0.717) is 26.2 Å². The van der Waals surface area contributed by atoms with Crippen LogP contribution < -0.4 is 5.32 Å². The number of hydrogen-bond acceptors (Lipinski definition) is 3. The molecule has 0 amide bonds. The molecule has 1 N–H and O–H groups in total. The van der Waals surface area contributed by atoms with Gasteiger partial charge in [0.2, 0.25) is 0 Å². The predicted octanol–water partition coefficient (Wildman–Crippen LogP) is 3.04. The summed E-state index contributed by atoms with van der Waals surface area (Å²) in [6.07, 6.45) is 3.19. The monoisotopic (exact) mass is 337 g/mol. The van der Waals surface area contributed by atoms with Gasteiger partial charge in [-0.2, -0.15) is 0 Å². The Morgan fingerprint density at radius 1 is 1.12 bits per heavy atom. The summed E-state index contributed by atoms with van der Waals surface area (Å²) in [4.78, 5) is 0. The van der Waals surface area contributed by atoms with Crippen LogP contribution in [0.3, 0.4) is 0 Å². The molecule has 1 saturated carbocycles. The largest absolute Gasteiger partial charge is 0.381 e. The van der Waals surface area contributed by atoms with Crippen molar-refractivity contribution in [2.24, 2.45) is 11.3 Å². The van der Waals surface area contributed by atoms with Gasteiger partial charge in [-0.15, -0.1) is 0 Å². The molecule has 3 fully saturated rings. The molecule has 132 valence electrons. The van der Waals surface area contributed by atoms with Crippen LogP contribution in [-0.2, 0) is 15.9 Å². The number of fused-ring (bicyclic) bond motifs is 1. The summed E-state index contributed by atoms with van der Waals surface area (Å²) in [5.74, 6) is -3.27. The van der Waals surface area contributed by atoms with E-state index in [4.69, 9.17) is 9.47 Å². The van der Waals surface area contributed by atoms with E-state index < -0.39 is 17.4 Å². The molecule has 3 aliphatic rings. The van der Waals surface area contributed by atoms with Crippen LogP contribution >= 0.6 is 0 Å². The average molecular weight is 337 g/mol. The van der Waals surface area contributed by atoms with Gasteiger partial charge in [-0.1, -0.05) is 30.3 Å². The fourth-order valence-electron chi connectivity index (χ4n) is 4.48. The van der Waals surface area contributed by atoms with Crippen molar-refractivity contribution in [3.8, 4) is 0 Å². The van der Waals surface area contributed by atoms with Crippen molar-refractivity contribution in [3.05, 3.63) is 35.9 Å². The summed E-state index contributed by atoms with van der Waals surface area (Å²) in [6, 6.07) is 10.3. The van der Waals surface area contributed by atoms with Crippen LogP contribution in [0.25, 0.3) is 0 Å². The molecule has 24 heavy (non-hydrogen) atoms. The number of ether oxygens (including phenoxy) is 2. The summed E-state index contributed by atoms with van der Waals surface area (Å²) >= 11 is 0. The van der Waals surface area contributed by atoms with Gasteiger partial charge < -0.3 is 14.8 Å². The lowest BCUT2D eigenvalue weighted by atomic mass is 9.81. The number of rotatable bonds is 6. The van der Waals surface area contributed by atoms with Gasteiger partial charge in [0.1, 0.15) is 0 Å². The van der Waals surface area contributed by atoms with Crippen LogP contribution in [0.4, 0.5) is 8.78 Å². The molecule has 0 aromatic heterocycles. The second-order valence-electron chi connectivity index (χ2n) is 7.62. The average Bonchev–Trinajstić information content (AvgIpc) is 2.87. The molecule has 0 spiro atoms. The van der Waals surface area contributed by atoms with E-state index in [0.717, 1.165) is 25.9 Å². The molecule has 3 atom stereocenters. The molecule has 1 aromatic carbocycles. The van der Waals surface area contributed by atoms with Gasteiger partial charge in [0.15, 0.2) is 5.60 Å². The Morgan fingerprint density at radius 3 is 2.67 bits per heavy atom. The predicted molar refractivity (Wildman–Crippen MR) is 87.2 cm³/mol. The van der Waals surface area contributed by atoms with Crippen LogP contribution in [0.5, 0.6) is 0 Å². The molecule has 5 heteroatoms. The van der Waals surface area contributed by atoms with Crippen molar-refractivity contribution in [1.82, 2.24) is 5.32 Å². The van der Waals surface area contributed by atoms with E-state index in [1.54, 1.807) is 0 Å². The molecule has 0 radical (unpaired) electrons. The van der Waals surface area contributed by atoms with Crippen molar-refractivity contribution in [1.29, 1.82) is 0 Å². The fourth-order valence-corrected chi connectivity index (χ4v) is 4.48. The van der Waals surface area contributed by atoms with Gasteiger partial charge >= 0.3 is 0 Å². The number of halogens is 2. The quantitative estimate of drug-likeness (QED) is 0.865. The summed E-state index contributed by atoms with van der Waals surface area (Å²) in [5, 5.41) is 3.31. The second kappa shape index (κ2) is 6.04. The van der Waals surface area contributed by atoms with Gasteiger partial charge in [0.25, 0.3) is 5.92 Å². The first kappa shape index (κ1) is 16.4. The number of hydrogen-bond donors (Lipinski definition) is 1. The molecule has 4 rings (SSSR count). The first-order valence-electron chi connectivity index (χ1n) is 8.92. The molecular formula is C19H25F2NO2. The highest BCUT2D eigenvalue weighted by Crippen LogP contribution is 2.64. The maximum absolute atomic E-state index is 14.1. The fraction of sp³-hybridized carbons (Fsp3) is 0.684. The van der Waals surface area contributed by atoms with Gasteiger partial charge in [-0.3, -0.25) is 0 Å². The highest BCUT2D eigenvalue weighted by Gasteiger charge is 2.82. The van der Waals surface area contributed by atoms with Gasteiger partial charge in [0.05, 0.1) is 12.5 Å². The number of benzene rings is 1. The van der Waals surface area contributed by atoms with Crippen molar-refractivity contribution >= 4 is 0 Å². The van der Waals surface area contributed by atoms with E-state index in [1.807, 2.05) is 18.2 Å². The Balaban J connectivity index is 1.38. The minimum Gasteiger partial charge on any atom is -0.381 e. The highest BCUT2D eigenvalue weighted by molar-refractivity contribution is 5.24. The zero-order chi connectivity index (χ0) is 16.7. The lowest BCUT2D eigenvalue weighted by Gasteiger charge is -2.30. The van der Waals surface area contributed by atoms with Crippen LogP contribution in [0.1, 0.15) is 24.8 Å². The molecule has 3 nitrogen and oxygen atoms in total. The third-order valence-electron chi connectivity index (χ3n) is 5.97. The van der Waals surface area contributed by atoms with E-state index in [9.17, 15) is 8.78 Å². The van der Waals surface area contributed by atoms with Crippen LogP contribution in [-0.4, -0.2) is 44.4 Å². The summed E-state index contributed by atoms with van der Waals surface area (Å²) in [6.45, 7) is 2.81. The number of alkyl halides is 2. The minimum absolute atomic E-state index is 0.00761. The molecule has 2 aliphatic heterocycles.